The Bertz CT molecular complexity index is 1090. The lowest BCUT2D eigenvalue weighted by Crippen LogP contribution is -2.56. The minimum absolute atomic E-state index is 0.160. The minimum Gasteiger partial charge on any atom is -0.481 e. The molecule has 19 heteroatoms. The molecule has 0 unspecified atom stereocenters. The van der Waals surface area contributed by atoms with Crippen LogP contribution >= 0.6 is 0 Å². The SMILES string of the molecule is C[C@H](NC(=O)[C@@H](N)CCCCN)C(=O)N[C@@H](CO)C(=O)NCC(=O)NCC(=O)N1CCC[C@H]1C(=O)N[C@@H](CCC(=O)O)C(=O)O. The van der Waals surface area contributed by atoms with Gasteiger partial charge in [0.1, 0.15) is 24.2 Å². The number of aliphatic hydroxyl groups excluding tert-OH is 1. The van der Waals surface area contributed by atoms with Gasteiger partial charge in [-0.25, -0.2) is 4.79 Å². The number of likely N-dealkylation sites (tertiary alicyclic amines) is 1. The first-order chi connectivity index (χ1) is 21.2. The van der Waals surface area contributed by atoms with Crippen molar-refractivity contribution in [1.82, 2.24) is 31.5 Å². The number of hydrogen-bond acceptors (Lipinski definition) is 11. The maximum atomic E-state index is 12.7. The molecule has 12 N–H and O–H groups in total. The van der Waals surface area contributed by atoms with Gasteiger partial charge in [-0.3, -0.25) is 33.6 Å². The van der Waals surface area contributed by atoms with E-state index in [0.29, 0.717) is 32.2 Å². The summed E-state index contributed by atoms with van der Waals surface area (Å²) in [6, 6.07) is -5.89. The van der Waals surface area contributed by atoms with Crippen molar-refractivity contribution in [2.75, 3.05) is 32.8 Å². The van der Waals surface area contributed by atoms with E-state index in [9.17, 15) is 48.6 Å². The fourth-order valence-corrected chi connectivity index (χ4v) is 4.28. The second-order valence-corrected chi connectivity index (χ2v) is 10.4. The van der Waals surface area contributed by atoms with Gasteiger partial charge in [-0.15, -0.1) is 0 Å². The van der Waals surface area contributed by atoms with Crippen LogP contribution in [0.1, 0.15) is 51.9 Å². The number of amides is 6. The van der Waals surface area contributed by atoms with E-state index in [2.05, 4.69) is 26.6 Å². The zero-order valence-electron chi connectivity index (χ0n) is 25.1. The van der Waals surface area contributed by atoms with Gasteiger partial charge < -0.3 is 58.3 Å². The zero-order chi connectivity index (χ0) is 34.1. The summed E-state index contributed by atoms with van der Waals surface area (Å²) in [6.07, 6.45) is 1.50. The van der Waals surface area contributed by atoms with Crippen LogP contribution in [0.15, 0.2) is 0 Å². The summed E-state index contributed by atoms with van der Waals surface area (Å²) in [5, 5.41) is 39.0. The first-order valence-corrected chi connectivity index (χ1v) is 14.5. The Morgan fingerprint density at radius 2 is 1.56 bits per heavy atom. The number of nitrogens with two attached hydrogens (primary N) is 2. The van der Waals surface area contributed by atoms with Crippen LogP contribution in [0.5, 0.6) is 0 Å². The van der Waals surface area contributed by atoms with E-state index >= 15 is 0 Å². The van der Waals surface area contributed by atoms with E-state index in [1.54, 1.807) is 0 Å². The van der Waals surface area contributed by atoms with Crippen LogP contribution in [-0.2, 0) is 38.4 Å². The fraction of sp³-hybridized carbons (Fsp3) is 0.692. The molecule has 1 saturated heterocycles. The maximum Gasteiger partial charge on any atom is 0.326 e. The molecule has 0 saturated carbocycles. The van der Waals surface area contributed by atoms with Gasteiger partial charge in [0.15, 0.2) is 0 Å². The van der Waals surface area contributed by atoms with Crippen molar-refractivity contribution in [3.63, 3.8) is 0 Å². The Morgan fingerprint density at radius 3 is 2.16 bits per heavy atom. The molecule has 1 aliphatic rings. The molecule has 5 atom stereocenters. The summed E-state index contributed by atoms with van der Waals surface area (Å²) in [6.45, 7) is -0.0345. The third-order valence-electron chi connectivity index (χ3n) is 6.87. The van der Waals surface area contributed by atoms with Gasteiger partial charge in [-0.05, 0) is 45.6 Å². The van der Waals surface area contributed by atoms with Crippen LogP contribution in [0.3, 0.4) is 0 Å². The molecule has 1 heterocycles. The zero-order valence-corrected chi connectivity index (χ0v) is 25.1. The quantitative estimate of drug-likeness (QED) is 0.0556. The average Bonchev–Trinajstić information content (AvgIpc) is 3.49. The molecule has 45 heavy (non-hydrogen) atoms. The third-order valence-corrected chi connectivity index (χ3v) is 6.87. The number of rotatable bonds is 20. The van der Waals surface area contributed by atoms with Gasteiger partial charge in [0, 0.05) is 13.0 Å². The molecule has 1 aliphatic heterocycles. The highest BCUT2D eigenvalue weighted by Gasteiger charge is 2.36. The van der Waals surface area contributed by atoms with Crippen molar-refractivity contribution in [2.24, 2.45) is 11.5 Å². The molecule has 0 aromatic carbocycles. The number of nitrogens with one attached hydrogen (secondary N) is 5. The van der Waals surface area contributed by atoms with Crippen molar-refractivity contribution in [1.29, 1.82) is 0 Å². The van der Waals surface area contributed by atoms with Crippen LogP contribution in [0, 0.1) is 0 Å². The standard InChI is InChI=1S/C26H44N8O11/c1-14(31-23(41)15(28)5-2-3-9-27)22(40)33-17(13-35)24(42)30-11-19(36)29-12-20(37)34-10-4-6-18(34)25(43)32-16(26(44)45)7-8-21(38)39/h14-18,35H,2-13,27-28H2,1H3,(H,29,36)(H,30,42)(H,31,41)(H,32,43)(H,33,40)(H,38,39)(H,44,45)/t14-,15-,16-,17-,18-/m0/s1. The second kappa shape index (κ2) is 19.8. The van der Waals surface area contributed by atoms with Crippen LogP contribution in [-0.4, -0.2) is 131 Å². The van der Waals surface area contributed by atoms with Crippen molar-refractivity contribution in [3.8, 4) is 0 Å². The molecule has 1 fully saturated rings. The summed E-state index contributed by atoms with van der Waals surface area (Å²) < 4.78 is 0. The lowest BCUT2D eigenvalue weighted by molar-refractivity contribution is -0.144. The summed E-state index contributed by atoms with van der Waals surface area (Å²) in [7, 11) is 0. The number of carbonyl (C=O) groups is 8. The maximum absolute atomic E-state index is 12.7. The number of aliphatic hydroxyl groups is 1. The Labute approximate surface area is 259 Å². The molecule has 6 amide bonds. The number of unbranched alkanes of at least 4 members (excludes halogenated alkanes) is 1. The molecular formula is C26H44N8O11. The monoisotopic (exact) mass is 644 g/mol. The van der Waals surface area contributed by atoms with Crippen LogP contribution in [0.25, 0.3) is 0 Å². The van der Waals surface area contributed by atoms with Gasteiger partial charge in [0.05, 0.1) is 25.7 Å². The van der Waals surface area contributed by atoms with Gasteiger partial charge in [0.25, 0.3) is 0 Å². The normalized spacial score (nSPS) is 16.8. The van der Waals surface area contributed by atoms with Crippen molar-refractivity contribution >= 4 is 47.4 Å². The highest BCUT2D eigenvalue weighted by Crippen LogP contribution is 2.18. The van der Waals surface area contributed by atoms with E-state index in [0.717, 1.165) is 4.90 Å². The predicted octanol–water partition coefficient (Wildman–Crippen LogP) is -4.92. The van der Waals surface area contributed by atoms with Crippen LogP contribution in [0.2, 0.25) is 0 Å². The van der Waals surface area contributed by atoms with E-state index in [1.807, 2.05) is 0 Å². The molecule has 254 valence electrons. The van der Waals surface area contributed by atoms with E-state index in [4.69, 9.17) is 16.6 Å². The van der Waals surface area contributed by atoms with Gasteiger partial charge in [0.2, 0.25) is 35.4 Å². The topological polar surface area (TPSA) is 313 Å². The minimum atomic E-state index is -1.46. The van der Waals surface area contributed by atoms with E-state index in [-0.39, 0.29) is 19.4 Å². The summed E-state index contributed by atoms with van der Waals surface area (Å²) >= 11 is 0. The summed E-state index contributed by atoms with van der Waals surface area (Å²) in [5.41, 5.74) is 11.2. The largest absolute Gasteiger partial charge is 0.481 e. The number of nitrogens with zero attached hydrogens (tertiary/aromatic N) is 1. The second-order valence-electron chi connectivity index (χ2n) is 10.4. The predicted molar refractivity (Wildman–Crippen MR) is 155 cm³/mol. The summed E-state index contributed by atoms with van der Waals surface area (Å²) in [5.74, 6) is -7.17. The number of carboxylic acid groups (broad SMARTS) is 2. The number of carbonyl (C=O) groups excluding carboxylic acids is 6. The van der Waals surface area contributed by atoms with E-state index < -0.39 is 104 Å². The molecule has 0 aromatic rings. The molecule has 0 radical (unpaired) electrons. The van der Waals surface area contributed by atoms with Gasteiger partial charge >= 0.3 is 11.9 Å². The first-order valence-electron chi connectivity index (χ1n) is 14.5. The lowest BCUT2D eigenvalue weighted by Gasteiger charge is -2.25. The molecule has 0 aromatic heterocycles. The number of carboxylic acids is 2. The number of hydrogen-bond donors (Lipinski definition) is 10. The van der Waals surface area contributed by atoms with Gasteiger partial charge in [-0.1, -0.05) is 6.42 Å². The molecule has 19 nitrogen and oxygen atoms in total. The molecule has 0 aliphatic carbocycles. The summed E-state index contributed by atoms with van der Waals surface area (Å²) in [4.78, 5) is 97.9. The van der Waals surface area contributed by atoms with Crippen LogP contribution in [0.4, 0.5) is 0 Å². The van der Waals surface area contributed by atoms with Crippen molar-refractivity contribution in [3.05, 3.63) is 0 Å². The van der Waals surface area contributed by atoms with Crippen LogP contribution < -0.4 is 38.1 Å². The van der Waals surface area contributed by atoms with E-state index in [1.165, 1.54) is 6.92 Å². The first kappa shape index (κ1) is 38.7. The highest BCUT2D eigenvalue weighted by atomic mass is 16.4. The molecule has 0 bridgehead atoms. The Hall–Kier alpha value is -4.36. The molecule has 0 spiro atoms. The Balaban J connectivity index is 2.54. The smallest absolute Gasteiger partial charge is 0.326 e. The van der Waals surface area contributed by atoms with Crippen molar-refractivity contribution in [2.45, 2.75) is 82.1 Å². The molecular weight excluding hydrogens is 600 g/mol. The lowest BCUT2D eigenvalue weighted by atomic mass is 10.1. The van der Waals surface area contributed by atoms with Gasteiger partial charge in [-0.2, -0.15) is 0 Å². The number of aliphatic carboxylic acids is 2. The fourth-order valence-electron chi connectivity index (χ4n) is 4.28. The highest BCUT2D eigenvalue weighted by molar-refractivity contribution is 5.95. The third kappa shape index (κ3) is 13.9. The van der Waals surface area contributed by atoms with Crippen molar-refractivity contribution < 1.29 is 53.7 Å². The Kier molecular flexibility index (Phi) is 17.0. The molecule has 1 rings (SSSR count). The Morgan fingerprint density at radius 1 is 0.867 bits per heavy atom. The average molecular weight is 645 g/mol.